The molecular formula is C17H22F2N2O2. The molecule has 1 atom stereocenters. The fourth-order valence-electron chi connectivity index (χ4n) is 3.21. The lowest BCUT2D eigenvalue weighted by atomic mass is 10.1. The SMILES string of the molecule is O=C(c1ccc(F)cc1F)N1CCN(CC2CCCCO2)CC1. The Balaban J connectivity index is 1.52. The van der Waals surface area contributed by atoms with E-state index in [4.69, 9.17) is 4.74 Å². The molecule has 0 saturated carbocycles. The molecule has 0 N–H and O–H groups in total. The number of rotatable bonds is 3. The number of ether oxygens (including phenoxy) is 1. The number of nitrogens with zero attached hydrogens (tertiary/aromatic N) is 2. The van der Waals surface area contributed by atoms with Crippen molar-refractivity contribution >= 4 is 5.91 Å². The van der Waals surface area contributed by atoms with Crippen LogP contribution in [0.2, 0.25) is 0 Å². The zero-order valence-corrected chi connectivity index (χ0v) is 13.1. The Morgan fingerprint density at radius 2 is 1.96 bits per heavy atom. The Labute approximate surface area is 135 Å². The predicted molar refractivity (Wildman–Crippen MR) is 82.3 cm³/mol. The number of halogens is 2. The number of benzene rings is 1. The van der Waals surface area contributed by atoms with E-state index in [1.165, 1.54) is 12.5 Å². The van der Waals surface area contributed by atoms with E-state index in [1.54, 1.807) is 4.90 Å². The van der Waals surface area contributed by atoms with Gasteiger partial charge in [0.05, 0.1) is 11.7 Å². The molecule has 0 aliphatic carbocycles. The highest BCUT2D eigenvalue weighted by molar-refractivity contribution is 5.94. The molecule has 4 nitrogen and oxygen atoms in total. The minimum Gasteiger partial charge on any atom is -0.377 e. The molecule has 0 bridgehead atoms. The summed E-state index contributed by atoms with van der Waals surface area (Å²) in [4.78, 5) is 16.3. The van der Waals surface area contributed by atoms with Crippen LogP contribution < -0.4 is 0 Å². The topological polar surface area (TPSA) is 32.8 Å². The number of hydrogen-bond acceptors (Lipinski definition) is 3. The van der Waals surface area contributed by atoms with E-state index in [1.807, 2.05) is 0 Å². The van der Waals surface area contributed by atoms with Crippen molar-refractivity contribution in [2.45, 2.75) is 25.4 Å². The van der Waals surface area contributed by atoms with Crippen LogP contribution in [0.3, 0.4) is 0 Å². The van der Waals surface area contributed by atoms with Crippen LogP contribution in [0, 0.1) is 11.6 Å². The van der Waals surface area contributed by atoms with Crippen LogP contribution in [0.4, 0.5) is 8.78 Å². The van der Waals surface area contributed by atoms with Gasteiger partial charge in [0.2, 0.25) is 0 Å². The first-order valence-electron chi connectivity index (χ1n) is 8.22. The van der Waals surface area contributed by atoms with Gasteiger partial charge in [0.25, 0.3) is 5.91 Å². The van der Waals surface area contributed by atoms with Gasteiger partial charge in [-0.2, -0.15) is 0 Å². The Morgan fingerprint density at radius 1 is 1.17 bits per heavy atom. The van der Waals surface area contributed by atoms with Crippen LogP contribution in [-0.4, -0.2) is 61.1 Å². The van der Waals surface area contributed by atoms with E-state index in [0.29, 0.717) is 19.2 Å². The van der Waals surface area contributed by atoms with Gasteiger partial charge in [-0.05, 0) is 31.4 Å². The number of carbonyl (C=O) groups excluding carboxylic acids is 1. The zero-order valence-electron chi connectivity index (χ0n) is 13.1. The Hall–Kier alpha value is -1.53. The van der Waals surface area contributed by atoms with E-state index >= 15 is 0 Å². The van der Waals surface area contributed by atoms with Crippen molar-refractivity contribution < 1.29 is 18.3 Å². The Bertz CT molecular complexity index is 554. The lowest BCUT2D eigenvalue weighted by Crippen LogP contribution is -2.51. The molecule has 2 aliphatic rings. The third-order valence-corrected chi connectivity index (χ3v) is 4.56. The van der Waals surface area contributed by atoms with Gasteiger partial charge in [-0.3, -0.25) is 9.69 Å². The van der Waals surface area contributed by atoms with E-state index in [9.17, 15) is 13.6 Å². The zero-order chi connectivity index (χ0) is 16.2. The maximum absolute atomic E-state index is 13.7. The summed E-state index contributed by atoms with van der Waals surface area (Å²) < 4.78 is 32.4. The van der Waals surface area contributed by atoms with Gasteiger partial charge in [-0.25, -0.2) is 8.78 Å². The van der Waals surface area contributed by atoms with Crippen molar-refractivity contribution in [3.05, 3.63) is 35.4 Å². The molecule has 6 heteroatoms. The van der Waals surface area contributed by atoms with Gasteiger partial charge < -0.3 is 9.64 Å². The van der Waals surface area contributed by atoms with Gasteiger partial charge >= 0.3 is 0 Å². The molecule has 1 aromatic carbocycles. The maximum atomic E-state index is 13.7. The second-order valence-corrected chi connectivity index (χ2v) is 6.21. The average Bonchev–Trinajstić information content (AvgIpc) is 2.56. The lowest BCUT2D eigenvalue weighted by Gasteiger charge is -2.37. The molecule has 1 amide bonds. The monoisotopic (exact) mass is 324 g/mol. The van der Waals surface area contributed by atoms with Crippen LogP contribution in [0.1, 0.15) is 29.6 Å². The average molecular weight is 324 g/mol. The summed E-state index contributed by atoms with van der Waals surface area (Å²) in [5.74, 6) is -1.83. The summed E-state index contributed by atoms with van der Waals surface area (Å²) in [5.41, 5.74) is -0.0598. The summed E-state index contributed by atoms with van der Waals surface area (Å²) in [7, 11) is 0. The van der Waals surface area contributed by atoms with Gasteiger partial charge in [-0.1, -0.05) is 0 Å². The molecule has 1 aromatic rings. The molecule has 3 rings (SSSR count). The summed E-state index contributed by atoms with van der Waals surface area (Å²) in [6, 6.07) is 3.09. The van der Waals surface area contributed by atoms with Crippen LogP contribution in [-0.2, 0) is 4.74 Å². The molecule has 2 aliphatic heterocycles. The number of piperazine rings is 1. The Morgan fingerprint density at radius 3 is 2.61 bits per heavy atom. The number of amides is 1. The number of hydrogen-bond donors (Lipinski definition) is 0. The summed E-state index contributed by atoms with van der Waals surface area (Å²) in [6.45, 7) is 4.37. The second-order valence-electron chi connectivity index (χ2n) is 6.21. The van der Waals surface area contributed by atoms with E-state index in [-0.39, 0.29) is 11.5 Å². The van der Waals surface area contributed by atoms with E-state index < -0.39 is 11.6 Å². The minimum absolute atomic E-state index is 0.0598. The van der Waals surface area contributed by atoms with E-state index in [0.717, 1.165) is 51.2 Å². The van der Waals surface area contributed by atoms with Crippen molar-refractivity contribution in [3.8, 4) is 0 Å². The first-order chi connectivity index (χ1) is 11.1. The van der Waals surface area contributed by atoms with Crippen LogP contribution in [0.15, 0.2) is 18.2 Å². The molecule has 1 unspecified atom stereocenters. The molecule has 126 valence electrons. The Kier molecular flexibility index (Phi) is 5.23. The molecule has 0 radical (unpaired) electrons. The fraction of sp³-hybridized carbons (Fsp3) is 0.588. The summed E-state index contributed by atoms with van der Waals surface area (Å²) >= 11 is 0. The third-order valence-electron chi connectivity index (χ3n) is 4.56. The molecule has 2 saturated heterocycles. The van der Waals surface area contributed by atoms with Crippen LogP contribution in [0.25, 0.3) is 0 Å². The van der Waals surface area contributed by atoms with Crippen molar-refractivity contribution in [2.75, 3.05) is 39.3 Å². The smallest absolute Gasteiger partial charge is 0.256 e. The van der Waals surface area contributed by atoms with Gasteiger partial charge in [-0.15, -0.1) is 0 Å². The highest BCUT2D eigenvalue weighted by Gasteiger charge is 2.26. The molecule has 0 spiro atoms. The van der Waals surface area contributed by atoms with Crippen molar-refractivity contribution in [1.82, 2.24) is 9.80 Å². The highest BCUT2D eigenvalue weighted by Crippen LogP contribution is 2.17. The van der Waals surface area contributed by atoms with Gasteiger partial charge in [0, 0.05) is 45.4 Å². The van der Waals surface area contributed by atoms with Crippen molar-refractivity contribution in [3.63, 3.8) is 0 Å². The van der Waals surface area contributed by atoms with Gasteiger partial charge in [0.15, 0.2) is 0 Å². The standard InChI is InChI=1S/C17H22F2N2O2/c18-13-4-5-15(16(19)11-13)17(22)21-8-6-20(7-9-21)12-14-3-1-2-10-23-14/h4-5,11,14H,1-3,6-10,12H2. The first kappa shape index (κ1) is 16.3. The summed E-state index contributed by atoms with van der Waals surface area (Å²) in [6.07, 6.45) is 3.75. The first-order valence-corrected chi connectivity index (χ1v) is 8.22. The predicted octanol–water partition coefficient (Wildman–Crippen LogP) is 2.29. The lowest BCUT2D eigenvalue weighted by molar-refractivity contribution is -0.0130. The maximum Gasteiger partial charge on any atom is 0.256 e. The van der Waals surface area contributed by atoms with E-state index in [2.05, 4.69) is 4.90 Å². The van der Waals surface area contributed by atoms with Crippen LogP contribution in [0.5, 0.6) is 0 Å². The van der Waals surface area contributed by atoms with Crippen LogP contribution >= 0.6 is 0 Å². The normalized spacial score (nSPS) is 23.0. The quantitative estimate of drug-likeness (QED) is 0.855. The fourth-order valence-corrected chi connectivity index (χ4v) is 3.21. The number of carbonyl (C=O) groups is 1. The van der Waals surface area contributed by atoms with Crippen molar-refractivity contribution in [2.24, 2.45) is 0 Å². The second kappa shape index (κ2) is 7.36. The molecule has 23 heavy (non-hydrogen) atoms. The minimum atomic E-state index is -0.798. The third kappa shape index (κ3) is 4.06. The molecular weight excluding hydrogens is 302 g/mol. The van der Waals surface area contributed by atoms with Crippen molar-refractivity contribution in [1.29, 1.82) is 0 Å². The van der Waals surface area contributed by atoms with Gasteiger partial charge in [0.1, 0.15) is 11.6 Å². The molecule has 2 heterocycles. The molecule has 2 fully saturated rings. The molecule has 0 aromatic heterocycles. The largest absolute Gasteiger partial charge is 0.377 e. The highest BCUT2D eigenvalue weighted by atomic mass is 19.1. The summed E-state index contributed by atoms with van der Waals surface area (Å²) in [5, 5.41) is 0.